The van der Waals surface area contributed by atoms with Gasteiger partial charge in [-0.25, -0.2) is 0 Å². The largest absolute Gasteiger partial charge is 0.456 e. The molecule has 0 aliphatic carbocycles. The molecule has 16 aromatic rings. The van der Waals surface area contributed by atoms with Gasteiger partial charge >= 0.3 is 0 Å². The summed E-state index contributed by atoms with van der Waals surface area (Å²) in [5, 5.41) is 12.7. The summed E-state index contributed by atoms with van der Waals surface area (Å²) in [6.07, 6.45) is 1.89. The molecule has 16 rings (SSSR count). The van der Waals surface area contributed by atoms with E-state index in [0.717, 1.165) is 99.4 Å². The molecule has 0 unspecified atom stereocenters. The third-order valence-electron chi connectivity index (χ3n) is 16.1. The van der Waals surface area contributed by atoms with Crippen LogP contribution >= 0.6 is 0 Å². The zero-order valence-electron chi connectivity index (χ0n) is 41.6. The normalized spacial score (nSPS) is 12.2. The van der Waals surface area contributed by atoms with Crippen LogP contribution in [0.1, 0.15) is 0 Å². The van der Waals surface area contributed by atoms with E-state index < -0.39 is 8.07 Å². The lowest BCUT2D eigenvalue weighted by atomic mass is 10.0. The van der Waals surface area contributed by atoms with Gasteiger partial charge in [0.05, 0.1) is 27.6 Å². The molecule has 0 bridgehead atoms. The zero-order chi connectivity index (χ0) is 50.6. The van der Waals surface area contributed by atoms with Crippen molar-refractivity contribution in [3.05, 3.63) is 273 Å². The topological polar surface area (TPSA) is 49.0 Å². The predicted octanol–water partition coefficient (Wildman–Crippen LogP) is 15.8. The fourth-order valence-corrected chi connectivity index (χ4v) is 17.7. The second-order valence-electron chi connectivity index (χ2n) is 20.2. The Hall–Kier alpha value is -10.0. The van der Waals surface area contributed by atoms with E-state index in [9.17, 15) is 0 Å². The second-order valence-corrected chi connectivity index (χ2v) is 23.9. The highest BCUT2D eigenvalue weighted by atomic mass is 28.3. The standard InChI is InChI=1S/C71H45N3O2Si/c1-5-18-50(19-6-1)73-61-29-14-13-26-54(61)57-42-46(33-37-62(57)73)48-35-39-65-58(43-48)55-27-15-31-67(70(55)75-65)77(52-22-9-3-10-23-52,53-24-11-4-12-25-53)68-32-16-28-56-59-44-49(36-40-66(59)76-71(56)68)47-34-38-63-60(45-47)69-64(30-17-41-72-69)74(63)51-20-7-2-8-21-51/h1-45H. The Bertz CT molecular complexity index is 4660. The molecule has 77 heavy (non-hydrogen) atoms. The Balaban J connectivity index is 0.878. The quantitative estimate of drug-likeness (QED) is 0.113. The van der Waals surface area contributed by atoms with Crippen molar-refractivity contribution < 1.29 is 8.83 Å². The molecule has 0 radical (unpaired) electrons. The average Bonchev–Trinajstić information content (AvgIpc) is 4.48. The highest BCUT2D eigenvalue weighted by Gasteiger charge is 2.45. The average molecular weight is 1000 g/mol. The molecule has 11 aromatic carbocycles. The molecule has 0 fully saturated rings. The molecule has 0 amide bonds. The number of rotatable bonds is 8. The smallest absolute Gasteiger partial charge is 0.188 e. The van der Waals surface area contributed by atoms with Gasteiger partial charge in [0.2, 0.25) is 0 Å². The summed E-state index contributed by atoms with van der Waals surface area (Å²) in [5.41, 5.74) is 15.9. The van der Waals surface area contributed by atoms with Crippen LogP contribution in [0.25, 0.3) is 121 Å². The zero-order valence-corrected chi connectivity index (χ0v) is 42.6. The molecule has 6 heteroatoms. The Morgan fingerprint density at radius 1 is 0.299 bits per heavy atom. The van der Waals surface area contributed by atoms with E-state index in [2.05, 4.69) is 270 Å². The number of fused-ring (bicyclic) bond motifs is 12. The maximum Gasteiger partial charge on any atom is 0.188 e. The van der Waals surface area contributed by atoms with Gasteiger partial charge in [-0.3, -0.25) is 4.98 Å². The molecule has 5 aromatic heterocycles. The van der Waals surface area contributed by atoms with E-state index in [4.69, 9.17) is 13.8 Å². The molecule has 0 aliphatic heterocycles. The fraction of sp³-hybridized carbons (Fsp3) is 0. The molecule has 5 heterocycles. The lowest BCUT2D eigenvalue weighted by Crippen LogP contribution is -2.75. The van der Waals surface area contributed by atoms with Crippen LogP contribution in [0.2, 0.25) is 0 Å². The lowest BCUT2D eigenvalue weighted by Gasteiger charge is -2.34. The summed E-state index contributed by atoms with van der Waals surface area (Å²) in [4.78, 5) is 4.91. The number of aromatic nitrogens is 3. The summed E-state index contributed by atoms with van der Waals surface area (Å²) in [6, 6.07) is 96.8. The predicted molar refractivity (Wildman–Crippen MR) is 322 cm³/mol. The van der Waals surface area contributed by atoms with Gasteiger partial charge in [0.1, 0.15) is 22.3 Å². The van der Waals surface area contributed by atoms with E-state index in [-0.39, 0.29) is 0 Å². The van der Waals surface area contributed by atoms with Gasteiger partial charge in [-0.1, -0.05) is 176 Å². The molecule has 360 valence electrons. The summed E-state index contributed by atoms with van der Waals surface area (Å²) < 4.78 is 19.2. The van der Waals surface area contributed by atoms with Crippen LogP contribution in [0.3, 0.4) is 0 Å². The van der Waals surface area contributed by atoms with Crippen molar-refractivity contribution in [2.45, 2.75) is 0 Å². The molecule has 0 N–H and O–H groups in total. The van der Waals surface area contributed by atoms with E-state index in [0.29, 0.717) is 0 Å². The summed E-state index contributed by atoms with van der Waals surface area (Å²) in [7, 11) is -3.27. The molecule has 5 nitrogen and oxygen atoms in total. The number of hydrogen-bond acceptors (Lipinski definition) is 3. The SMILES string of the molecule is c1ccc(-n2c3ccccc3c3cc(-c4ccc5oc6c([Si](c7ccccc7)(c7ccccc7)c7cccc8c7oc7ccc(-c9ccc%10c(c9)c9ncccc9n%10-c9ccccc9)cc78)cccc6c5c4)ccc32)cc1. The molecular formula is C71H45N3O2Si. The third kappa shape index (κ3) is 6.49. The first-order valence-corrected chi connectivity index (χ1v) is 28.3. The first-order chi connectivity index (χ1) is 38.2. The lowest BCUT2D eigenvalue weighted by molar-refractivity contribution is 0.670. The van der Waals surface area contributed by atoms with Crippen LogP contribution in [0, 0.1) is 0 Å². The Kier molecular flexibility index (Phi) is 9.59. The molecule has 0 spiro atoms. The van der Waals surface area contributed by atoms with Crippen LogP contribution in [-0.4, -0.2) is 22.2 Å². The minimum atomic E-state index is -3.27. The number of benzene rings is 11. The second kappa shape index (κ2) is 17.0. The van der Waals surface area contributed by atoms with Gasteiger partial charge in [0, 0.05) is 55.3 Å². The molecule has 0 saturated heterocycles. The fourth-order valence-electron chi connectivity index (χ4n) is 12.7. The van der Waals surface area contributed by atoms with Gasteiger partial charge in [-0.2, -0.15) is 0 Å². The van der Waals surface area contributed by atoms with E-state index in [1.807, 2.05) is 12.3 Å². The van der Waals surface area contributed by atoms with Gasteiger partial charge in [-0.05, 0) is 134 Å². The monoisotopic (exact) mass is 999 g/mol. The minimum absolute atomic E-state index is 0.848. The maximum atomic E-state index is 7.24. The molecule has 0 atom stereocenters. The van der Waals surface area contributed by atoms with Crippen molar-refractivity contribution in [2.75, 3.05) is 0 Å². The van der Waals surface area contributed by atoms with Crippen molar-refractivity contribution in [3.8, 4) is 33.6 Å². The molecule has 0 saturated carbocycles. The van der Waals surface area contributed by atoms with Crippen molar-refractivity contribution >= 4 is 116 Å². The van der Waals surface area contributed by atoms with Crippen LogP contribution in [0.5, 0.6) is 0 Å². The van der Waals surface area contributed by atoms with Gasteiger partial charge < -0.3 is 18.0 Å². The van der Waals surface area contributed by atoms with Gasteiger partial charge in [0.25, 0.3) is 0 Å². The van der Waals surface area contributed by atoms with Crippen molar-refractivity contribution in [2.24, 2.45) is 0 Å². The van der Waals surface area contributed by atoms with E-state index >= 15 is 0 Å². The molecule has 0 aliphatic rings. The van der Waals surface area contributed by atoms with Crippen LogP contribution in [0.15, 0.2) is 282 Å². The van der Waals surface area contributed by atoms with E-state index in [1.165, 1.54) is 42.6 Å². The number of pyridine rings is 1. The van der Waals surface area contributed by atoms with Gasteiger partial charge in [-0.15, -0.1) is 0 Å². The number of hydrogen-bond donors (Lipinski definition) is 0. The van der Waals surface area contributed by atoms with E-state index in [1.54, 1.807) is 0 Å². The van der Waals surface area contributed by atoms with Crippen LogP contribution < -0.4 is 20.7 Å². The first-order valence-electron chi connectivity index (χ1n) is 26.3. The number of para-hydroxylation sites is 5. The molecular weight excluding hydrogens is 955 g/mol. The van der Waals surface area contributed by atoms with Crippen molar-refractivity contribution in [3.63, 3.8) is 0 Å². The highest BCUT2D eigenvalue weighted by molar-refractivity contribution is 7.21. The first kappa shape index (κ1) is 43.4. The van der Waals surface area contributed by atoms with Crippen molar-refractivity contribution in [1.29, 1.82) is 0 Å². The van der Waals surface area contributed by atoms with Crippen molar-refractivity contribution in [1.82, 2.24) is 14.1 Å². The Morgan fingerprint density at radius 3 is 1.27 bits per heavy atom. The summed E-state index contributed by atoms with van der Waals surface area (Å²) in [6.45, 7) is 0. The van der Waals surface area contributed by atoms with Gasteiger partial charge in [0.15, 0.2) is 8.07 Å². The number of furan rings is 2. The third-order valence-corrected chi connectivity index (χ3v) is 20.9. The Morgan fingerprint density at radius 2 is 0.714 bits per heavy atom. The summed E-state index contributed by atoms with van der Waals surface area (Å²) in [5.74, 6) is 0. The minimum Gasteiger partial charge on any atom is -0.456 e. The maximum absolute atomic E-state index is 7.24. The summed E-state index contributed by atoms with van der Waals surface area (Å²) >= 11 is 0. The highest BCUT2D eigenvalue weighted by Crippen LogP contribution is 2.40. The van der Waals surface area contributed by atoms with Crippen LogP contribution in [0.4, 0.5) is 0 Å². The van der Waals surface area contributed by atoms with Crippen LogP contribution in [-0.2, 0) is 0 Å². The number of nitrogens with zero attached hydrogens (tertiary/aromatic N) is 3. The Labute approximate surface area is 443 Å².